The molecule has 102 valence electrons. The third-order valence-electron chi connectivity index (χ3n) is 2.57. The van der Waals surface area contributed by atoms with Gasteiger partial charge in [-0.1, -0.05) is 0 Å². The molecule has 0 bridgehead atoms. The molecule has 0 aliphatic heterocycles. The summed E-state index contributed by atoms with van der Waals surface area (Å²) in [5, 5.41) is 26.7. The Balaban J connectivity index is 3.38. The van der Waals surface area contributed by atoms with Gasteiger partial charge >= 0.3 is 0 Å². The topological polar surface area (TPSA) is 97.3 Å². The van der Waals surface area contributed by atoms with Gasteiger partial charge in [0, 0.05) is 51.5 Å². The second-order valence-corrected chi connectivity index (χ2v) is 4.51. The average Bonchev–Trinajstić information content (AvgIpc) is 2.35. The van der Waals surface area contributed by atoms with E-state index >= 15 is 0 Å². The Morgan fingerprint density at radius 2 is 1.37 bits per heavy atom. The first kappa shape index (κ1) is 14.6. The highest BCUT2D eigenvalue weighted by Crippen LogP contribution is 2.19. The van der Waals surface area contributed by atoms with E-state index in [4.69, 9.17) is 10.8 Å². The fourth-order valence-electron chi connectivity index (χ4n) is 1.51. The molecule has 2 N–H and O–H groups in total. The molecule has 1 rings (SSSR count). The Hall–Kier alpha value is -2.44. The summed E-state index contributed by atoms with van der Waals surface area (Å²) >= 11 is 0. The lowest BCUT2D eigenvalue weighted by Gasteiger charge is -2.17. The first-order valence-electron chi connectivity index (χ1n) is 5.56. The van der Waals surface area contributed by atoms with Crippen molar-refractivity contribution in [1.82, 2.24) is 9.80 Å². The first-order chi connectivity index (χ1) is 8.73. The third-order valence-corrected chi connectivity index (χ3v) is 2.57. The van der Waals surface area contributed by atoms with E-state index in [0.717, 1.165) is 0 Å². The van der Waals surface area contributed by atoms with Gasteiger partial charge in [0.1, 0.15) is 11.7 Å². The smallest absolute Gasteiger partial charge is 0.270 e. The van der Waals surface area contributed by atoms with Crippen molar-refractivity contribution in [3.8, 4) is 0 Å². The summed E-state index contributed by atoms with van der Waals surface area (Å²) in [4.78, 5) is 13.5. The number of nitrogens with zero attached hydrogens (tertiary/aromatic N) is 3. The summed E-state index contributed by atoms with van der Waals surface area (Å²) in [6.07, 6.45) is 0. The molecular formula is C12H17N5O2. The maximum atomic E-state index is 10.9. The van der Waals surface area contributed by atoms with Crippen LogP contribution < -0.4 is 0 Å². The quantitative estimate of drug-likeness (QED) is 0.372. The Kier molecular flexibility index (Phi) is 4.21. The zero-order valence-electron chi connectivity index (χ0n) is 11.4. The largest absolute Gasteiger partial charge is 0.363 e. The zero-order chi connectivity index (χ0) is 14.7. The van der Waals surface area contributed by atoms with Crippen molar-refractivity contribution in [3.63, 3.8) is 0 Å². The monoisotopic (exact) mass is 263 g/mol. The van der Waals surface area contributed by atoms with Crippen molar-refractivity contribution >= 4 is 17.4 Å². The predicted molar refractivity (Wildman–Crippen MR) is 74.1 cm³/mol. The molecule has 19 heavy (non-hydrogen) atoms. The van der Waals surface area contributed by atoms with E-state index < -0.39 is 4.92 Å². The fraction of sp³-hybridized carbons (Fsp3) is 0.333. The van der Waals surface area contributed by atoms with E-state index in [0.29, 0.717) is 11.1 Å². The van der Waals surface area contributed by atoms with Gasteiger partial charge in [0.15, 0.2) is 0 Å². The number of nitrogens with one attached hydrogen (secondary N) is 2. The van der Waals surface area contributed by atoms with Gasteiger partial charge in [-0.2, -0.15) is 0 Å². The maximum Gasteiger partial charge on any atom is 0.270 e. The van der Waals surface area contributed by atoms with Gasteiger partial charge in [-0.3, -0.25) is 20.9 Å². The van der Waals surface area contributed by atoms with Crippen LogP contribution in [0.4, 0.5) is 5.69 Å². The van der Waals surface area contributed by atoms with E-state index in [1.54, 1.807) is 44.1 Å². The van der Waals surface area contributed by atoms with Gasteiger partial charge < -0.3 is 9.80 Å². The number of benzene rings is 1. The van der Waals surface area contributed by atoms with Crippen LogP contribution in [0.5, 0.6) is 0 Å². The maximum absolute atomic E-state index is 10.9. The van der Waals surface area contributed by atoms with Crippen LogP contribution >= 0.6 is 0 Å². The molecule has 7 heteroatoms. The number of nitro benzene ring substituents is 1. The lowest BCUT2D eigenvalue weighted by molar-refractivity contribution is -0.384. The van der Waals surface area contributed by atoms with Gasteiger partial charge in [-0.05, 0) is 6.07 Å². The van der Waals surface area contributed by atoms with Crippen LogP contribution in [0.2, 0.25) is 0 Å². The Morgan fingerprint density at radius 1 is 1.00 bits per heavy atom. The molecule has 7 nitrogen and oxygen atoms in total. The summed E-state index contributed by atoms with van der Waals surface area (Å²) in [5.74, 6) is 0.327. The van der Waals surface area contributed by atoms with Gasteiger partial charge in [-0.25, -0.2) is 0 Å². The summed E-state index contributed by atoms with van der Waals surface area (Å²) in [7, 11) is 6.77. The minimum Gasteiger partial charge on any atom is -0.363 e. The summed E-state index contributed by atoms with van der Waals surface area (Å²) < 4.78 is 0. The molecule has 0 aliphatic rings. The van der Waals surface area contributed by atoms with Crippen LogP contribution in [-0.2, 0) is 0 Å². The van der Waals surface area contributed by atoms with Crippen LogP contribution in [0, 0.1) is 20.9 Å². The number of hydrogen-bond donors (Lipinski definition) is 2. The molecule has 0 heterocycles. The summed E-state index contributed by atoms with van der Waals surface area (Å²) in [5.41, 5.74) is 0.715. The fourth-order valence-corrected chi connectivity index (χ4v) is 1.51. The molecular weight excluding hydrogens is 246 g/mol. The normalized spacial score (nSPS) is 9.89. The number of rotatable bonds is 3. The lowest BCUT2D eigenvalue weighted by atomic mass is 10.1. The summed E-state index contributed by atoms with van der Waals surface area (Å²) in [6.45, 7) is 0. The number of nitro groups is 1. The van der Waals surface area contributed by atoms with Crippen LogP contribution in [0.15, 0.2) is 18.2 Å². The van der Waals surface area contributed by atoms with Gasteiger partial charge in [0.25, 0.3) is 5.69 Å². The molecule has 0 unspecified atom stereocenters. The van der Waals surface area contributed by atoms with Gasteiger partial charge in [-0.15, -0.1) is 0 Å². The molecule has 1 aromatic rings. The van der Waals surface area contributed by atoms with Crippen LogP contribution in [-0.4, -0.2) is 54.6 Å². The first-order valence-corrected chi connectivity index (χ1v) is 5.56. The lowest BCUT2D eigenvalue weighted by Crippen LogP contribution is -2.24. The van der Waals surface area contributed by atoms with E-state index in [1.165, 1.54) is 12.1 Å². The number of non-ortho nitro benzene ring substituents is 1. The van der Waals surface area contributed by atoms with Gasteiger partial charge in [0.05, 0.1) is 4.92 Å². The van der Waals surface area contributed by atoms with E-state index in [2.05, 4.69) is 0 Å². The predicted octanol–water partition coefficient (Wildman–Crippen LogP) is 1.37. The summed E-state index contributed by atoms with van der Waals surface area (Å²) in [6, 6.07) is 4.29. The molecule has 1 aromatic carbocycles. The zero-order valence-corrected chi connectivity index (χ0v) is 11.4. The molecule has 0 saturated carbocycles. The van der Waals surface area contributed by atoms with Gasteiger partial charge in [0.2, 0.25) is 0 Å². The highest BCUT2D eigenvalue weighted by atomic mass is 16.6. The Morgan fingerprint density at radius 3 is 1.63 bits per heavy atom. The Labute approximate surface area is 111 Å². The van der Waals surface area contributed by atoms with Crippen molar-refractivity contribution in [1.29, 1.82) is 10.8 Å². The van der Waals surface area contributed by atoms with Crippen molar-refractivity contribution in [2.24, 2.45) is 0 Å². The van der Waals surface area contributed by atoms with Crippen LogP contribution in [0.25, 0.3) is 0 Å². The molecule has 0 atom stereocenters. The van der Waals surface area contributed by atoms with Crippen molar-refractivity contribution in [2.75, 3.05) is 28.2 Å². The highest BCUT2D eigenvalue weighted by molar-refractivity contribution is 6.02. The van der Waals surface area contributed by atoms with E-state index in [1.807, 2.05) is 0 Å². The van der Waals surface area contributed by atoms with Crippen molar-refractivity contribution < 1.29 is 4.92 Å². The van der Waals surface area contributed by atoms with Crippen molar-refractivity contribution in [3.05, 3.63) is 39.4 Å². The minimum atomic E-state index is -0.515. The highest BCUT2D eigenvalue weighted by Gasteiger charge is 2.16. The van der Waals surface area contributed by atoms with E-state index in [-0.39, 0.29) is 17.4 Å². The second kappa shape index (κ2) is 5.47. The minimum absolute atomic E-state index is 0.120. The number of amidine groups is 2. The van der Waals surface area contributed by atoms with Crippen LogP contribution in [0.3, 0.4) is 0 Å². The van der Waals surface area contributed by atoms with E-state index in [9.17, 15) is 10.1 Å². The molecule has 0 amide bonds. The second-order valence-electron chi connectivity index (χ2n) is 4.51. The third kappa shape index (κ3) is 3.27. The molecule has 0 spiro atoms. The Bertz CT molecular complexity index is 499. The van der Waals surface area contributed by atoms with Crippen molar-refractivity contribution in [2.45, 2.75) is 0 Å². The molecule has 0 radical (unpaired) electrons. The average molecular weight is 263 g/mol. The SMILES string of the molecule is CN(C)C(=N)c1cc(C(=N)N(C)C)cc([N+](=O)[O-])c1. The molecule has 0 aromatic heterocycles. The molecule has 0 saturated heterocycles. The molecule has 0 aliphatic carbocycles. The molecule has 0 fully saturated rings. The number of hydrogen-bond acceptors (Lipinski definition) is 4. The standard InChI is InChI=1S/C12H17N5O2/c1-15(2)11(13)8-5-9(12(14)16(3)4)7-10(6-8)17(18)19/h5-7,13-14H,1-4H3. The van der Waals surface area contributed by atoms with Crippen LogP contribution in [0.1, 0.15) is 11.1 Å².